The number of hydrogen-bond donors (Lipinski definition) is 1. The molecule has 4 unspecified atom stereocenters. The number of hydrogen-bond acceptors (Lipinski definition) is 11. The summed E-state index contributed by atoms with van der Waals surface area (Å²) >= 11 is 0. The third kappa shape index (κ3) is 8.08. The molecule has 6 fully saturated rings. The molecule has 1 aromatic carbocycles. The number of anilines is 2. The van der Waals surface area contributed by atoms with Crippen LogP contribution in [0.25, 0.3) is 0 Å². The van der Waals surface area contributed by atoms with Gasteiger partial charge in [-0.15, -0.1) is 0 Å². The number of piperazine rings is 2. The summed E-state index contributed by atoms with van der Waals surface area (Å²) in [4.78, 5) is 17.8. The summed E-state index contributed by atoms with van der Waals surface area (Å²) in [5.74, 6) is 2.35. The molecule has 6 saturated heterocycles. The summed E-state index contributed by atoms with van der Waals surface area (Å²) in [7, 11) is 1.67. The van der Waals surface area contributed by atoms with Crippen LogP contribution in [-0.2, 0) is 19.6 Å². The van der Waals surface area contributed by atoms with Gasteiger partial charge < -0.3 is 24.0 Å². The Labute approximate surface area is 319 Å². The monoisotopic (exact) mass is 754 g/mol. The lowest BCUT2D eigenvalue weighted by molar-refractivity contribution is -0.00889. The molecule has 0 spiro atoms. The fraction of sp³-hybridized carbons (Fsp3) is 0.450. The van der Waals surface area contributed by atoms with Gasteiger partial charge in [0.25, 0.3) is 0 Å². The zero-order valence-corrected chi connectivity index (χ0v) is 31.5. The van der Waals surface area contributed by atoms with E-state index < -0.39 is 0 Å². The van der Waals surface area contributed by atoms with E-state index >= 15 is 0 Å². The molecule has 6 aliphatic rings. The average molecular weight is 755 g/mol. The highest BCUT2D eigenvalue weighted by Crippen LogP contribution is 2.37. The first-order valence-electron chi connectivity index (χ1n) is 19.1. The Morgan fingerprint density at radius 1 is 0.709 bits per heavy atom. The third-order valence-corrected chi connectivity index (χ3v) is 11.0. The minimum absolute atomic E-state index is 0.0801. The van der Waals surface area contributed by atoms with Crippen molar-refractivity contribution >= 4 is 11.6 Å². The number of aromatic amines is 1. The van der Waals surface area contributed by atoms with Gasteiger partial charge in [-0.1, -0.05) is 12.1 Å². The van der Waals surface area contributed by atoms with Crippen molar-refractivity contribution in [3.63, 3.8) is 0 Å². The van der Waals surface area contributed by atoms with Crippen LogP contribution in [0.5, 0.6) is 17.5 Å². The maximum Gasteiger partial charge on any atom is 0.250 e. The number of rotatable bonds is 13. The number of nitrogens with zero attached hydrogens (tertiary/aromatic N) is 9. The van der Waals surface area contributed by atoms with Gasteiger partial charge in [0.15, 0.2) is 17.5 Å². The van der Waals surface area contributed by atoms with Crippen LogP contribution < -0.4 is 24.0 Å². The number of piperidine rings is 2. The fourth-order valence-corrected chi connectivity index (χ4v) is 8.24. The van der Waals surface area contributed by atoms with Crippen LogP contribution in [0, 0.1) is 11.6 Å². The Morgan fingerprint density at radius 3 is 1.76 bits per heavy atom. The molecule has 6 aliphatic heterocycles. The highest BCUT2D eigenvalue weighted by atomic mass is 19.1. The summed E-state index contributed by atoms with van der Waals surface area (Å²) in [5, 5.41) is 11.8. The van der Waals surface area contributed by atoms with Gasteiger partial charge in [0.1, 0.15) is 11.6 Å². The highest BCUT2D eigenvalue weighted by Gasteiger charge is 2.46. The zero-order chi connectivity index (χ0) is 37.9. The van der Waals surface area contributed by atoms with Crippen LogP contribution in [0.1, 0.15) is 43.4 Å². The zero-order valence-electron chi connectivity index (χ0n) is 31.5. The SMILES string of the molecule is CCOc1ncc(CN2C3CC2CN(c2ccn(Cc4ccc(OC)cc4)n2)C3)cc1F.CCOc1ncc(CN2C3CC2CN(c2ccn[nH]2)C3)cc1F. The first-order chi connectivity index (χ1) is 26.9. The van der Waals surface area contributed by atoms with E-state index in [9.17, 15) is 8.78 Å². The van der Waals surface area contributed by atoms with E-state index in [0.717, 1.165) is 67.8 Å². The summed E-state index contributed by atoms with van der Waals surface area (Å²) in [6, 6.07) is 17.2. The van der Waals surface area contributed by atoms with Gasteiger partial charge >= 0.3 is 0 Å². The number of H-pyrrole nitrogens is 1. The smallest absolute Gasteiger partial charge is 0.250 e. The maximum absolute atomic E-state index is 14.1. The summed E-state index contributed by atoms with van der Waals surface area (Å²) in [6.45, 7) is 10.5. The van der Waals surface area contributed by atoms with Crippen molar-refractivity contribution in [1.29, 1.82) is 0 Å². The van der Waals surface area contributed by atoms with Crippen molar-refractivity contribution in [2.24, 2.45) is 0 Å². The van der Waals surface area contributed by atoms with Gasteiger partial charge in [-0.3, -0.25) is 19.6 Å². The van der Waals surface area contributed by atoms with Gasteiger partial charge in [-0.05, 0) is 67.6 Å². The molecule has 11 rings (SSSR count). The Kier molecular flexibility index (Phi) is 10.8. The lowest BCUT2D eigenvalue weighted by Gasteiger charge is -2.56. The van der Waals surface area contributed by atoms with Crippen molar-refractivity contribution in [2.45, 2.75) is 70.5 Å². The highest BCUT2D eigenvalue weighted by molar-refractivity contribution is 5.41. The molecule has 4 atom stereocenters. The van der Waals surface area contributed by atoms with Gasteiger partial charge in [0, 0.05) is 94.2 Å². The summed E-state index contributed by atoms with van der Waals surface area (Å²) in [6.07, 6.45) is 9.64. The van der Waals surface area contributed by atoms with Gasteiger partial charge in [0.2, 0.25) is 11.8 Å². The van der Waals surface area contributed by atoms with Gasteiger partial charge in [-0.25, -0.2) is 18.7 Å². The van der Waals surface area contributed by atoms with Crippen LogP contribution in [-0.4, -0.2) is 110 Å². The van der Waals surface area contributed by atoms with Gasteiger partial charge in [0.05, 0.1) is 33.1 Å². The van der Waals surface area contributed by atoms with Crippen LogP contribution in [0.15, 0.2) is 73.3 Å². The summed E-state index contributed by atoms with van der Waals surface area (Å²) in [5.41, 5.74) is 2.97. The first-order valence-corrected chi connectivity index (χ1v) is 19.1. The Balaban J connectivity index is 0.000000164. The molecule has 4 bridgehead atoms. The second kappa shape index (κ2) is 16.2. The lowest BCUT2D eigenvalue weighted by Crippen LogP contribution is -2.68. The van der Waals surface area contributed by atoms with E-state index in [-0.39, 0.29) is 23.4 Å². The predicted molar refractivity (Wildman–Crippen MR) is 204 cm³/mol. The molecule has 15 heteroatoms. The number of pyridine rings is 2. The number of aromatic nitrogens is 6. The molecule has 13 nitrogen and oxygen atoms in total. The Bertz CT molecular complexity index is 2010. The number of halogens is 2. The molecule has 4 aromatic heterocycles. The van der Waals surface area contributed by atoms with Crippen molar-refractivity contribution < 1.29 is 23.0 Å². The van der Waals surface area contributed by atoms with Gasteiger partial charge in [-0.2, -0.15) is 10.2 Å². The van der Waals surface area contributed by atoms with Crippen molar-refractivity contribution in [1.82, 2.24) is 39.7 Å². The van der Waals surface area contributed by atoms with Crippen molar-refractivity contribution in [3.8, 4) is 17.5 Å². The minimum Gasteiger partial charge on any atom is -0.497 e. The van der Waals surface area contributed by atoms with Crippen LogP contribution in [0.2, 0.25) is 0 Å². The number of benzene rings is 1. The van der Waals surface area contributed by atoms with Crippen LogP contribution in [0.4, 0.5) is 20.4 Å². The molecule has 5 aromatic rings. The molecular formula is C40H48F2N10O3. The second-order valence-electron chi connectivity index (χ2n) is 14.5. The number of ether oxygens (including phenoxy) is 3. The Hall–Kier alpha value is -5.28. The maximum atomic E-state index is 14.1. The van der Waals surface area contributed by atoms with E-state index in [4.69, 9.17) is 19.3 Å². The second-order valence-corrected chi connectivity index (χ2v) is 14.5. The average Bonchev–Trinajstić information content (AvgIpc) is 3.93. The number of methoxy groups -OCH3 is 1. The molecule has 0 saturated carbocycles. The number of fused-ring (bicyclic) bond motifs is 4. The van der Waals surface area contributed by atoms with Crippen LogP contribution in [0.3, 0.4) is 0 Å². The number of nitrogens with one attached hydrogen (secondary N) is 1. The molecule has 290 valence electrons. The van der Waals surface area contributed by atoms with Crippen molar-refractivity contribution in [3.05, 3.63) is 102 Å². The Morgan fingerprint density at radius 2 is 1.27 bits per heavy atom. The molecule has 55 heavy (non-hydrogen) atoms. The minimum atomic E-state index is -0.390. The topological polar surface area (TPSA) is 113 Å². The van der Waals surface area contributed by atoms with E-state index in [1.165, 1.54) is 18.4 Å². The molecular weight excluding hydrogens is 707 g/mol. The summed E-state index contributed by atoms with van der Waals surface area (Å²) < 4.78 is 45.6. The van der Waals surface area contributed by atoms with E-state index in [1.807, 2.05) is 42.9 Å². The lowest BCUT2D eigenvalue weighted by atomic mass is 9.87. The van der Waals surface area contributed by atoms with E-state index in [1.54, 1.807) is 37.8 Å². The normalized spacial score (nSPS) is 21.6. The largest absolute Gasteiger partial charge is 0.497 e. The predicted octanol–water partition coefficient (Wildman–Crippen LogP) is 5.14. The third-order valence-electron chi connectivity index (χ3n) is 11.0. The molecule has 0 aliphatic carbocycles. The van der Waals surface area contributed by atoms with E-state index in [2.05, 4.69) is 58.0 Å². The molecule has 0 radical (unpaired) electrons. The first kappa shape index (κ1) is 36.7. The van der Waals surface area contributed by atoms with Crippen LogP contribution >= 0.6 is 0 Å². The standard InChI is InChI=1S/C24H28FN5O2.C16H20FN5O/c1-3-32-24-22(25)10-18(12-26-24)14-30-19-11-20(30)16-28(15-19)23-8-9-29(27-23)13-17-4-6-21(31-2)7-5-17;1-2-23-16-14(17)5-11(7-18-16)8-22-12-6-13(22)10-21(9-12)15-3-4-19-20-15/h4-10,12,19-20H,3,11,13-16H2,1-2H3;3-5,7,12-13H,2,6,8-10H2,1H3,(H,19,20). The fourth-order valence-electron chi connectivity index (χ4n) is 8.24. The molecule has 1 N–H and O–H groups in total. The molecule has 0 amide bonds. The quantitative estimate of drug-likeness (QED) is 0.173. The molecule has 10 heterocycles. The van der Waals surface area contributed by atoms with Crippen molar-refractivity contribution in [2.75, 3.05) is 56.3 Å². The van der Waals surface area contributed by atoms with E-state index in [0.29, 0.717) is 43.9 Å².